The molecule has 2 aliphatic rings. The standard InChI is InChI=1S/C3H6N2.C3H5NS/c1-2-5-3-4-1;1-2-4-5-3-1/h1-2,4-5H,3H2;1,3-4H,2H2. The van der Waals surface area contributed by atoms with Gasteiger partial charge in [-0.2, -0.15) is 0 Å². The normalized spacial score (nSPS) is 19.2. The van der Waals surface area contributed by atoms with Crippen LogP contribution in [0.15, 0.2) is 23.9 Å². The second-order valence-electron chi connectivity index (χ2n) is 1.76. The van der Waals surface area contributed by atoms with Gasteiger partial charge in [-0.25, -0.2) is 0 Å². The maximum Gasteiger partial charge on any atom is 0.0840 e. The van der Waals surface area contributed by atoms with Crippen molar-refractivity contribution < 1.29 is 0 Å². The highest BCUT2D eigenvalue weighted by atomic mass is 32.2. The van der Waals surface area contributed by atoms with Gasteiger partial charge in [-0.1, -0.05) is 18.0 Å². The van der Waals surface area contributed by atoms with E-state index in [1.807, 2.05) is 17.8 Å². The summed E-state index contributed by atoms with van der Waals surface area (Å²) in [6, 6.07) is 0. The van der Waals surface area contributed by atoms with Gasteiger partial charge in [-0.15, -0.1) is 0 Å². The van der Waals surface area contributed by atoms with Crippen molar-refractivity contribution in [2.45, 2.75) is 0 Å². The van der Waals surface area contributed by atoms with E-state index in [0.717, 1.165) is 13.2 Å². The third-order valence-electron chi connectivity index (χ3n) is 0.972. The van der Waals surface area contributed by atoms with Crippen LogP contribution in [0.2, 0.25) is 0 Å². The molecular formula is C6H11N3S. The molecule has 0 aromatic rings. The molecule has 0 unspecified atom stereocenters. The highest BCUT2D eigenvalue weighted by Gasteiger charge is 1.82. The molecule has 0 saturated carbocycles. The first-order chi connectivity index (χ1) is 5.00. The zero-order valence-electron chi connectivity index (χ0n) is 5.63. The molecule has 4 heteroatoms. The maximum absolute atomic E-state index is 3.03. The average Bonchev–Trinajstić information content (AvgIpc) is 2.67. The minimum atomic E-state index is 0.889. The monoisotopic (exact) mass is 157 g/mol. The fraction of sp³-hybridized carbons (Fsp3) is 0.333. The van der Waals surface area contributed by atoms with E-state index in [0.29, 0.717) is 0 Å². The lowest BCUT2D eigenvalue weighted by Crippen LogP contribution is -2.10. The Morgan fingerprint density at radius 2 is 2.00 bits per heavy atom. The Balaban J connectivity index is 0.0000001000. The molecule has 3 nitrogen and oxygen atoms in total. The molecule has 0 fully saturated rings. The van der Waals surface area contributed by atoms with Crippen molar-refractivity contribution in [3.8, 4) is 0 Å². The Morgan fingerprint density at radius 1 is 1.20 bits per heavy atom. The third-order valence-corrected chi connectivity index (χ3v) is 1.63. The molecule has 0 atom stereocenters. The van der Waals surface area contributed by atoms with E-state index in [2.05, 4.69) is 21.4 Å². The molecule has 0 aromatic heterocycles. The van der Waals surface area contributed by atoms with Crippen LogP contribution in [0, 0.1) is 0 Å². The molecule has 2 heterocycles. The van der Waals surface area contributed by atoms with Crippen molar-refractivity contribution >= 4 is 11.9 Å². The summed E-state index contributed by atoms with van der Waals surface area (Å²) in [5.41, 5.74) is 0. The van der Waals surface area contributed by atoms with Gasteiger partial charge in [0.15, 0.2) is 0 Å². The van der Waals surface area contributed by atoms with Gasteiger partial charge in [-0.3, -0.25) is 4.72 Å². The second kappa shape index (κ2) is 5.20. The largest absolute Gasteiger partial charge is 0.373 e. The Hall–Kier alpha value is -0.610. The van der Waals surface area contributed by atoms with Gasteiger partial charge in [0.2, 0.25) is 0 Å². The number of nitrogens with one attached hydrogen (secondary N) is 3. The van der Waals surface area contributed by atoms with E-state index >= 15 is 0 Å². The molecule has 56 valence electrons. The summed E-state index contributed by atoms with van der Waals surface area (Å²) >= 11 is 1.64. The molecule has 0 aromatic carbocycles. The number of rotatable bonds is 0. The fourth-order valence-corrected chi connectivity index (χ4v) is 1.02. The van der Waals surface area contributed by atoms with Crippen molar-refractivity contribution in [1.29, 1.82) is 0 Å². The van der Waals surface area contributed by atoms with Crippen LogP contribution < -0.4 is 15.4 Å². The predicted octanol–water partition coefficient (Wildman–Crippen LogP) is 0.359. The van der Waals surface area contributed by atoms with Gasteiger partial charge < -0.3 is 10.6 Å². The Morgan fingerprint density at radius 3 is 2.20 bits per heavy atom. The van der Waals surface area contributed by atoms with Crippen molar-refractivity contribution in [3.05, 3.63) is 23.9 Å². The van der Waals surface area contributed by atoms with Gasteiger partial charge in [0.1, 0.15) is 0 Å². The van der Waals surface area contributed by atoms with Crippen LogP contribution in [-0.4, -0.2) is 13.2 Å². The van der Waals surface area contributed by atoms with Crippen molar-refractivity contribution in [3.63, 3.8) is 0 Å². The summed E-state index contributed by atoms with van der Waals surface area (Å²) in [5, 5.41) is 7.90. The molecule has 0 amide bonds. The highest BCUT2D eigenvalue weighted by molar-refractivity contribution is 8.00. The molecule has 0 spiro atoms. The smallest absolute Gasteiger partial charge is 0.0840 e. The lowest BCUT2D eigenvalue weighted by Gasteiger charge is -1.82. The van der Waals surface area contributed by atoms with Gasteiger partial charge in [0, 0.05) is 18.9 Å². The van der Waals surface area contributed by atoms with Gasteiger partial charge >= 0.3 is 0 Å². The molecule has 2 rings (SSSR count). The van der Waals surface area contributed by atoms with E-state index in [1.54, 1.807) is 11.9 Å². The summed E-state index contributed by atoms with van der Waals surface area (Å²) in [6.45, 7) is 1.92. The zero-order chi connectivity index (χ0) is 7.07. The molecular weight excluding hydrogens is 146 g/mol. The van der Waals surface area contributed by atoms with Gasteiger partial charge in [0.05, 0.1) is 6.67 Å². The van der Waals surface area contributed by atoms with Crippen molar-refractivity contribution in [2.75, 3.05) is 13.2 Å². The minimum absolute atomic E-state index is 0.889. The van der Waals surface area contributed by atoms with Gasteiger partial charge in [0.25, 0.3) is 0 Å². The maximum atomic E-state index is 3.03. The third kappa shape index (κ3) is 3.42. The molecule has 0 radical (unpaired) electrons. The summed E-state index contributed by atoms with van der Waals surface area (Å²) in [5.74, 6) is 0. The summed E-state index contributed by atoms with van der Waals surface area (Å²) in [7, 11) is 0. The van der Waals surface area contributed by atoms with E-state index in [9.17, 15) is 0 Å². The predicted molar refractivity (Wildman–Crippen MR) is 45.0 cm³/mol. The Bertz CT molecular complexity index is 105. The van der Waals surface area contributed by atoms with Crippen LogP contribution in [0.3, 0.4) is 0 Å². The van der Waals surface area contributed by atoms with Crippen LogP contribution in [0.4, 0.5) is 0 Å². The van der Waals surface area contributed by atoms with Crippen LogP contribution >= 0.6 is 11.9 Å². The first kappa shape index (κ1) is 7.50. The topological polar surface area (TPSA) is 36.1 Å². The quantitative estimate of drug-likeness (QED) is 0.444. The number of hydrogen-bond donors (Lipinski definition) is 3. The van der Waals surface area contributed by atoms with E-state index in [-0.39, 0.29) is 0 Å². The molecule has 3 N–H and O–H groups in total. The molecule has 0 bridgehead atoms. The summed E-state index contributed by atoms with van der Waals surface area (Å²) in [6.07, 6.45) is 5.84. The lowest BCUT2D eigenvalue weighted by atomic mass is 10.7. The van der Waals surface area contributed by atoms with Crippen molar-refractivity contribution in [1.82, 2.24) is 15.4 Å². The summed E-state index contributed by atoms with van der Waals surface area (Å²) in [4.78, 5) is 0. The van der Waals surface area contributed by atoms with E-state index in [1.165, 1.54) is 0 Å². The van der Waals surface area contributed by atoms with Crippen molar-refractivity contribution in [2.24, 2.45) is 0 Å². The van der Waals surface area contributed by atoms with Crippen LogP contribution in [0.5, 0.6) is 0 Å². The molecule has 0 aliphatic carbocycles. The van der Waals surface area contributed by atoms with Crippen LogP contribution in [-0.2, 0) is 0 Å². The van der Waals surface area contributed by atoms with Crippen LogP contribution in [0.1, 0.15) is 0 Å². The Labute approximate surface area is 65.1 Å². The summed E-state index contributed by atoms with van der Waals surface area (Å²) < 4.78 is 3.03. The molecule has 2 aliphatic heterocycles. The highest BCUT2D eigenvalue weighted by Crippen LogP contribution is 1.99. The SMILES string of the molecule is C1=CNCN1.C1=CSNC1. The van der Waals surface area contributed by atoms with E-state index < -0.39 is 0 Å². The van der Waals surface area contributed by atoms with Gasteiger partial charge in [-0.05, 0) is 5.41 Å². The first-order valence-corrected chi connectivity index (χ1v) is 4.03. The zero-order valence-corrected chi connectivity index (χ0v) is 6.45. The first-order valence-electron chi connectivity index (χ1n) is 3.15. The fourth-order valence-electron chi connectivity index (χ4n) is 0.535. The molecule has 10 heavy (non-hydrogen) atoms. The second-order valence-corrected chi connectivity index (χ2v) is 2.55. The van der Waals surface area contributed by atoms with Crippen LogP contribution in [0.25, 0.3) is 0 Å². The minimum Gasteiger partial charge on any atom is -0.373 e. The lowest BCUT2D eigenvalue weighted by molar-refractivity contribution is 0.836. The Kier molecular flexibility index (Phi) is 3.90. The van der Waals surface area contributed by atoms with E-state index in [4.69, 9.17) is 0 Å². The average molecular weight is 157 g/mol. The molecule has 0 saturated heterocycles. The number of hydrogen-bond acceptors (Lipinski definition) is 4.